The number of hydrogen-bond acceptors (Lipinski definition) is 8. The maximum absolute atomic E-state index is 12.9. The minimum atomic E-state index is -3.99. The maximum atomic E-state index is 12.9. The van der Waals surface area contributed by atoms with Crippen molar-refractivity contribution in [2.75, 3.05) is 23.5 Å². The van der Waals surface area contributed by atoms with E-state index < -0.39 is 38.6 Å². The molecule has 0 aromatic heterocycles. The van der Waals surface area contributed by atoms with Crippen molar-refractivity contribution in [2.24, 2.45) is 5.92 Å². The van der Waals surface area contributed by atoms with Gasteiger partial charge in [0.2, 0.25) is 5.91 Å². The molecule has 2 amide bonds. The number of carbonyl (C=O) groups is 3. The Bertz CT molecular complexity index is 1520. The molecule has 0 saturated carbocycles. The van der Waals surface area contributed by atoms with E-state index in [4.69, 9.17) is 16.3 Å². The Morgan fingerprint density at radius 3 is 2.12 bits per heavy atom. The van der Waals surface area contributed by atoms with Crippen molar-refractivity contribution < 1.29 is 32.6 Å². The van der Waals surface area contributed by atoms with Gasteiger partial charge in [-0.3, -0.25) is 9.59 Å². The lowest BCUT2D eigenvalue weighted by atomic mass is 10.1. The molecule has 41 heavy (non-hydrogen) atoms. The number of carbonyl (C=O) groups excluding carboxylic acids is 3. The van der Waals surface area contributed by atoms with Crippen LogP contribution in [0.15, 0.2) is 70.5 Å². The molecule has 1 atom stereocenters. The van der Waals surface area contributed by atoms with Gasteiger partial charge in [0.15, 0.2) is 9.84 Å². The summed E-state index contributed by atoms with van der Waals surface area (Å²) in [5.41, 5.74) is 0.433. The summed E-state index contributed by atoms with van der Waals surface area (Å²) in [6, 6.07) is 14.3. The minimum Gasteiger partial charge on any atom is -0.506 e. The van der Waals surface area contributed by atoms with Crippen LogP contribution in [0.2, 0.25) is 5.02 Å². The van der Waals surface area contributed by atoms with Gasteiger partial charge >= 0.3 is 5.97 Å². The number of sulfone groups is 1. The van der Waals surface area contributed by atoms with Crippen LogP contribution in [-0.4, -0.2) is 49.4 Å². The Labute approximate surface area is 248 Å². The second kappa shape index (κ2) is 13.9. The Hall–Kier alpha value is -3.54. The van der Waals surface area contributed by atoms with E-state index in [1.807, 2.05) is 20.1 Å². The number of aromatic hydroxyl groups is 1. The van der Waals surface area contributed by atoms with E-state index in [2.05, 4.69) is 10.6 Å². The zero-order valence-corrected chi connectivity index (χ0v) is 25.3. The number of rotatable bonds is 11. The second-order valence-electron chi connectivity index (χ2n) is 9.55. The van der Waals surface area contributed by atoms with Gasteiger partial charge in [-0.1, -0.05) is 25.4 Å². The van der Waals surface area contributed by atoms with E-state index in [-0.39, 0.29) is 26.9 Å². The highest BCUT2D eigenvalue weighted by Crippen LogP contribution is 2.34. The number of amides is 2. The smallest absolute Gasteiger partial charge is 0.338 e. The second-order valence-corrected chi connectivity index (χ2v) is 13.1. The number of thioether (sulfide) groups is 1. The lowest BCUT2D eigenvalue weighted by Crippen LogP contribution is -2.32. The molecule has 3 rings (SSSR count). The first-order chi connectivity index (χ1) is 19.3. The molecule has 0 radical (unpaired) electrons. The van der Waals surface area contributed by atoms with E-state index in [9.17, 15) is 27.9 Å². The highest BCUT2D eigenvalue weighted by molar-refractivity contribution is 7.98. The van der Waals surface area contributed by atoms with Crippen LogP contribution < -0.4 is 10.6 Å². The van der Waals surface area contributed by atoms with Gasteiger partial charge in [-0.25, -0.2) is 13.2 Å². The van der Waals surface area contributed by atoms with E-state index >= 15 is 0 Å². The number of esters is 1. The van der Waals surface area contributed by atoms with Crippen LogP contribution in [0.1, 0.15) is 47.9 Å². The third-order valence-corrected chi connectivity index (χ3v) is 9.26. The van der Waals surface area contributed by atoms with E-state index in [0.717, 1.165) is 17.4 Å². The first-order valence-electron chi connectivity index (χ1n) is 12.6. The molecule has 3 N–H and O–H groups in total. The molecule has 9 nitrogen and oxygen atoms in total. The fraction of sp³-hybridized carbons (Fsp3) is 0.276. The van der Waals surface area contributed by atoms with Crippen LogP contribution in [0.25, 0.3) is 0 Å². The maximum Gasteiger partial charge on any atom is 0.338 e. The van der Waals surface area contributed by atoms with Crippen LogP contribution >= 0.6 is 23.4 Å². The summed E-state index contributed by atoms with van der Waals surface area (Å²) in [7, 11) is -3.99. The molecule has 0 aliphatic carbocycles. The molecular formula is C29H31ClN2O7S2. The predicted octanol–water partition coefficient (Wildman–Crippen LogP) is 6.02. The third-order valence-electron chi connectivity index (χ3n) is 6.13. The van der Waals surface area contributed by atoms with Gasteiger partial charge in [-0.2, -0.15) is 0 Å². The van der Waals surface area contributed by atoms with E-state index in [1.54, 1.807) is 12.1 Å². The largest absolute Gasteiger partial charge is 0.506 e. The first-order valence-corrected chi connectivity index (χ1v) is 15.8. The quantitative estimate of drug-likeness (QED) is 0.135. The molecule has 3 aromatic rings. The molecule has 3 aromatic carbocycles. The predicted molar refractivity (Wildman–Crippen MR) is 161 cm³/mol. The van der Waals surface area contributed by atoms with Crippen LogP contribution in [0, 0.1) is 5.92 Å². The zero-order chi connectivity index (χ0) is 30.3. The SMILES string of the molecule is CSc1ccc(S(=O)(=O)C(C)C(=O)Nc2cc(O)c(NC(=O)c3ccc(C(=O)OCCC(C)C)cc3)cc2Cl)cc1. The molecular weight excluding hydrogens is 588 g/mol. The van der Waals surface area contributed by atoms with Crippen molar-refractivity contribution in [2.45, 2.75) is 42.2 Å². The van der Waals surface area contributed by atoms with Crippen molar-refractivity contribution in [3.05, 3.63) is 76.8 Å². The van der Waals surface area contributed by atoms with Gasteiger partial charge in [0.1, 0.15) is 11.0 Å². The van der Waals surface area contributed by atoms with E-state index in [1.165, 1.54) is 61.2 Å². The molecule has 0 aliphatic rings. The summed E-state index contributed by atoms with van der Waals surface area (Å²) in [4.78, 5) is 38.5. The summed E-state index contributed by atoms with van der Waals surface area (Å²) < 4.78 is 31.1. The van der Waals surface area contributed by atoms with Gasteiger partial charge in [0.05, 0.1) is 33.5 Å². The van der Waals surface area contributed by atoms with Crippen molar-refractivity contribution in [3.8, 4) is 5.75 Å². The third kappa shape index (κ3) is 8.25. The molecule has 0 spiro atoms. The molecule has 0 fully saturated rings. The zero-order valence-electron chi connectivity index (χ0n) is 22.9. The van der Waals surface area contributed by atoms with Crippen LogP contribution in [0.5, 0.6) is 5.75 Å². The number of phenolic OH excluding ortho intramolecular Hbond substituents is 1. The topological polar surface area (TPSA) is 139 Å². The Kier molecular flexibility index (Phi) is 10.8. The number of hydrogen-bond donors (Lipinski definition) is 3. The van der Waals surface area contributed by atoms with Gasteiger partial charge < -0.3 is 20.5 Å². The van der Waals surface area contributed by atoms with Crippen molar-refractivity contribution in [1.82, 2.24) is 0 Å². The average molecular weight is 619 g/mol. The Morgan fingerprint density at radius 1 is 0.927 bits per heavy atom. The molecule has 0 bridgehead atoms. The van der Waals surface area contributed by atoms with Crippen molar-refractivity contribution >= 4 is 62.4 Å². The van der Waals surface area contributed by atoms with Gasteiger partial charge in [0, 0.05) is 16.5 Å². The summed E-state index contributed by atoms with van der Waals surface area (Å²) in [6.45, 7) is 5.61. The van der Waals surface area contributed by atoms with Gasteiger partial charge in [-0.15, -0.1) is 11.8 Å². The fourth-order valence-electron chi connectivity index (χ4n) is 3.53. The van der Waals surface area contributed by atoms with Crippen LogP contribution in [0.3, 0.4) is 0 Å². The number of halogens is 1. The number of phenols is 1. The van der Waals surface area contributed by atoms with Gasteiger partial charge in [0.25, 0.3) is 5.91 Å². The van der Waals surface area contributed by atoms with Crippen LogP contribution in [-0.2, 0) is 19.4 Å². The molecule has 1 unspecified atom stereocenters. The molecule has 0 heterocycles. The Balaban J connectivity index is 1.67. The lowest BCUT2D eigenvalue weighted by Gasteiger charge is -2.16. The normalized spacial score (nSPS) is 12.0. The van der Waals surface area contributed by atoms with Crippen LogP contribution in [0.4, 0.5) is 11.4 Å². The monoisotopic (exact) mass is 618 g/mol. The summed E-state index contributed by atoms with van der Waals surface area (Å²) in [5, 5.41) is 13.9. The van der Waals surface area contributed by atoms with Gasteiger partial charge in [-0.05, 0) is 80.1 Å². The highest BCUT2D eigenvalue weighted by Gasteiger charge is 2.30. The van der Waals surface area contributed by atoms with Crippen molar-refractivity contribution in [3.63, 3.8) is 0 Å². The number of anilines is 2. The summed E-state index contributed by atoms with van der Waals surface area (Å²) in [5.74, 6) is -1.93. The summed E-state index contributed by atoms with van der Waals surface area (Å²) in [6.07, 6.45) is 2.60. The summed E-state index contributed by atoms with van der Waals surface area (Å²) >= 11 is 7.74. The number of ether oxygens (including phenoxy) is 1. The lowest BCUT2D eigenvalue weighted by molar-refractivity contribution is -0.115. The molecule has 12 heteroatoms. The number of nitrogens with one attached hydrogen (secondary N) is 2. The number of benzene rings is 3. The Morgan fingerprint density at radius 2 is 1.54 bits per heavy atom. The molecule has 218 valence electrons. The standard InChI is InChI=1S/C29H31ClN2O7S2/c1-17(2)13-14-39-29(36)20-7-5-19(6-8-20)28(35)32-25-15-23(30)24(16-26(25)33)31-27(34)18(3)41(37,38)22-11-9-21(40-4)10-12-22/h5-12,15-18,33H,13-14H2,1-4H3,(H,31,34)(H,32,35). The molecule has 0 aliphatic heterocycles. The molecule has 0 saturated heterocycles. The fourth-order valence-corrected chi connectivity index (χ4v) is 5.41. The first kappa shape index (κ1) is 32.0. The average Bonchev–Trinajstić information content (AvgIpc) is 2.94. The van der Waals surface area contributed by atoms with E-state index in [0.29, 0.717) is 18.1 Å². The van der Waals surface area contributed by atoms with Crippen molar-refractivity contribution in [1.29, 1.82) is 0 Å². The highest BCUT2D eigenvalue weighted by atomic mass is 35.5. The minimum absolute atomic E-state index is 0.000931.